The van der Waals surface area contributed by atoms with Gasteiger partial charge >= 0.3 is 0 Å². The van der Waals surface area contributed by atoms with Gasteiger partial charge in [0.05, 0.1) is 4.47 Å². The minimum absolute atomic E-state index is 0.163. The lowest BCUT2D eigenvalue weighted by molar-refractivity contribution is 0.626. The van der Waals surface area contributed by atoms with Crippen LogP contribution in [-0.2, 0) is 6.42 Å². The molecule has 1 unspecified atom stereocenters. The lowest BCUT2D eigenvalue weighted by Gasteiger charge is -2.16. The third-order valence-corrected chi connectivity index (χ3v) is 3.50. The number of aromatic nitrogens is 2. The van der Waals surface area contributed by atoms with E-state index >= 15 is 0 Å². The largest absolute Gasteiger partial charge is 0.366 e. The Morgan fingerprint density at radius 3 is 2.67 bits per heavy atom. The van der Waals surface area contributed by atoms with E-state index in [1.807, 2.05) is 6.92 Å². The summed E-state index contributed by atoms with van der Waals surface area (Å²) in [7, 11) is 0. The number of nitrogens with one attached hydrogen (secondary N) is 2. The Balaban J connectivity index is 2.03. The summed E-state index contributed by atoms with van der Waals surface area (Å²) in [6.07, 6.45) is 2.51. The lowest BCUT2D eigenvalue weighted by Crippen LogP contribution is -2.19. The van der Waals surface area contributed by atoms with Crippen molar-refractivity contribution in [2.75, 3.05) is 17.2 Å². The second kappa shape index (κ2) is 7.36. The van der Waals surface area contributed by atoms with Gasteiger partial charge in [-0.3, -0.25) is 0 Å². The summed E-state index contributed by atoms with van der Waals surface area (Å²) in [5, 5.41) is 6.42. The van der Waals surface area contributed by atoms with Crippen LogP contribution in [0.4, 0.5) is 16.2 Å². The number of anilines is 2. The molecule has 2 rings (SSSR count). The molecule has 0 saturated heterocycles. The van der Waals surface area contributed by atoms with Crippen LogP contribution in [0.5, 0.6) is 0 Å². The summed E-state index contributed by atoms with van der Waals surface area (Å²) in [5.74, 6) is 1.13. The predicted molar refractivity (Wildman–Crippen MR) is 87.1 cm³/mol. The van der Waals surface area contributed by atoms with Crippen LogP contribution >= 0.6 is 15.9 Å². The average molecular weight is 353 g/mol. The van der Waals surface area contributed by atoms with Crippen LogP contribution in [0.15, 0.2) is 34.9 Å². The van der Waals surface area contributed by atoms with Gasteiger partial charge in [-0.05, 0) is 53.9 Å². The fourth-order valence-electron chi connectivity index (χ4n) is 1.97. The highest BCUT2D eigenvalue weighted by Gasteiger charge is 2.09. The topological polar surface area (TPSA) is 49.8 Å². The van der Waals surface area contributed by atoms with Crippen LogP contribution in [0.3, 0.4) is 0 Å². The van der Waals surface area contributed by atoms with E-state index < -0.39 is 0 Å². The second-order valence-corrected chi connectivity index (χ2v) is 5.65. The normalized spacial score (nSPS) is 12.0. The minimum Gasteiger partial charge on any atom is -0.366 e. The highest BCUT2D eigenvalue weighted by molar-refractivity contribution is 9.10. The molecular weight excluding hydrogens is 335 g/mol. The summed E-state index contributed by atoms with van der Waals surface area (Å²) in [6, 6.07) is 6.72. The first-order valence-corrected chi connectivity index (χ1v) is 7.65. The van der Waals surface area contributed by atoms with E-state index in [1.54, 1.807) is 18.3 Å². The maximum atomic E-state index is 12.9. The molecule has 1 heterocycles. The summed E-state index contributed by atoms with van der Waals surface area (Å²) in [5.41, 5.74) is 1.08. The lowest BCUT2D eigenvalue weighted by atomic mass is 10.1. The first-order chi connectivity index (χ1) is 10.1. The third kappa shape index (κ3) is 4.67. The summed E-state index contributed by atoms with van der Waals surface area (Å²) < 4.78 is 13.7. The number of nitrogens with zero attached hydrogens (tertiary/aromatic N) is 2. The highest BCUT2D eigenvalue weighted by Crippen LogP contribution is 2.21. The SMILES string of the molecule is CCNc1ncc(Br)c(NC(C)Cc2ccc(F)cc2)n1. The van der Waals surface area contributed by atoms with E-state index in [0.717, 1.165) is 28.8 Å². The van der Waals surface area contributed by atoms with E-state index in [2.05, 4.69) is 43.5 Å². The van der Waals surface area contributed by atoms with Crippen molar-refractivity contribution in [1.29, 1.82) is 0 Å². The molecule has 0 aliphatic heterocycles. The molecular formula is C15H18BrFN4. The van der Waals surface area contributed by atoms with E-state index in [0.29, 0.717) is 5.95 Å². The van der Waals surface area contributed by atoms with Crippen LogP contribution in [0, 0.1) is 5.82 Å². The van der Waals surface area contributed by atoms with Gasteiger partial charge in [0.15, 0.2) is 0 Å². The number of halogens is 2. The fourth-order valence-corrected chi connectivity index (χ4v) is 2.28. The number of rotatable bonds is 6. The van der Waals surface area contributed by atoms with Gasteiger partial charge in [-0.1, -0.05) is 12.1 Å². The molecule has 0 radical (unpaired) electrons. The highest BCUT2D eigenvalue weighted by atomic mass is 79.9. The molecule has 1 aromatic heterocycles. The summed E-state index contributed by atoms with van der Waals surface area (Å²) >= 11 is 3.44. The Bertz CT molecular complexity index is 589. The summed E-state index contributed by atoms with van der Waals surface area (Å²) in [6.45, 7) is 4.83. The Morgan fingerprint density at radius 2 is 2.00 bits per heavy atom. The Kier molecular flexibility index (Phi) is 5.50. The molecule has 1 atom stereocenters. The quantitative estimate of drug-likeness (QED) is 0.828. The van der Waals surface area contributed by atoms with E-state index in [4.69, 9.17) is 0 Å². The van der Waals surface area contributed by atoms with Crippen molar-refractivity contribution in [3.05, 3.63) is 46.3 Å². The first-order valence-electron chi connectivity index (χ1n) is 6.86. The molecule has 4 nitrogen and oxygen atoms in total. The van der Waals surface area contributed by atoms with Crippen molar-refractivity contribution >= 4 is 27.7 Å². The van der Waals surface area contributed by atoms with Gasteiger partial charge in [-0.25, -0.2) is 9.37 Å². The first kappa shape index (κ1) is 15.7. The molecule has 0 aliphatic rings. The van der Waals surface area contributed by atoms with Crippen LogP contribution in [-0.4, -0.2) is 22.6 Å². The van der Waals surface area contributed by atoms with Crippen LogP contribution in [0.2, 0.25) is 0 Å². The van der Waals surface area contributed by atoms with Crippen LogP contribution < -0.4 is 10.6 Å². The Labute approximate surface area is 132 Å². The molecule has 0 spiro atoms. The predicted octanol–water partition coefficient (Wildman–Crippen LogP) is 3.85. The average Bonchev–Trinajstić information content (AvgIpc) is 2.45. The van der Waals surface area contributed by atoms with Gasteiger partial charge in [0, 0.05) is 18.8 Å². The third-order valence-electron chi connectivity index (χ3n) is 2.92. The maximum Gasteiger partial charge on any atom is 0.224 e. The molecule has 0 aliphatic carbocycles. The zero-order valence-corrected chi connectivity index (χ0v) is 13.6. The Morgan fingerprint density at radius 1 is 1.29 bits per heavy atom. The molecule has 0 bridgehead atoms. The zero-order chi connectivity index (χ0) is 15.2. The van der Waals surface area contributed by atoms with Crippen LogP contribution in [0.1, 0.15) is 19.4 Å². The number of hydrogen-bond donors (Lipinski definition) is 2. The van der Waals surface area contributed by atoms with E-state index in [1.165, 1.54) is 12.1 Å². The van der Waals surface area contributed by atoms with Gasteiger partial charge in [0.1, 0.15) is 11.6 Å². The van der Waals surface area contributed by atoms with Gasteiger partial charge in [-0.15, -0.1) is 0 Å². The maximum absolute atomic E-state index is 12.9. The van der Waals surface area contributed by atoms with Crippen molar-refractivity contribution in [3.63, 3.8) is 0 Å². The molecule has 0 amide bonds. The minimum atomic E-state index is -0.215. The van der Waals surface area contributed by atoms with Gasteiger partial charge < -0.3 is 10.6 Å². The van der Waals surface area contributed by atoms with Crippen molar-refractivity contribution in [2.24, 2.45) is 0 Å². The van der Waals surface area contributed by atoms with Gasteiger partial charge in [0.25, 0.3) is 0 Å². The zero-order valence-electron chi connectivity index (χ0n) is 12.0. The van der Waals surface area contributed by atoms with E-state index in [-0.39, 0.29) is 11.9 Å². The number of benzene rings is 1. The fraction of sp³-hybridized carbons (Fsp3) is 0.333. The van der Waals surface area contributed by atoms with Crippen molar-refractivity contribution < 1.29 is 4.39 Å². The molecule has 2 aromatic rings. The van der Waals surface area contributed by atoms with Crippen LogP contribution in [0.25, 0.3) is 0 Å². The molecule has 2 N–H and O–H groups in total. The molecule has 0 saturated carbocycles. The number of hydrogen-bond acceptors (Lipinski definition) is 4. The van der Waals surface area contributed by atoms with Crippen molar-refractivity contribution in [3.8, 4) is 0 Å². The standard InChI is InChI=1S/C15H18BrFN4/c1-3-18-15-19-9-13(16)14(21-15)20-10(2)8-11-4-6-12(17)7-5-11/h4-7,9-10H,3,8H2,1-2H3,(H2,18,19,20,21). The molecule has 6 heteroatoms. The molecule has 112 valence electrons. The smallest absolute Gasteiger partial charge is 0.224 e. The monoisotopic (exact) mass is 352 g/mol. The molecule has 1 aromatic carbocycles. The van der Waals surface area contributed by atoms with Crippen molar-refractivity contribution in [1.82, 2.24) is 9.97 Å². The van der Waals surface area contributed by atoms with E-state index in [9.17, 15) is 4.39 Å². The van der Waals surface area contributed by atoms with Gasteiger partial charge in [0.2, 0.25) is 5.95 Å². The summed E-state index contributed by atoms with van der Waals surface area (Å²) in [4.78, 5) is 8.60. The Hall–Kier alpha value is -1.69. The van der Waals surface area contributed by atoms with Gasteiger partial charge in [-0.2, -0.15) is 4.98 Å². The second-order valence-electron chi connectivity index (χ2n) is 4.80. The van der Waals surface area contributed by atoms with Crippen molar-refractivity contribution in [2.45, 2.75) is 26.3 Å². The molecule has 0 fully saturated rings. The molecule has 21 heavy (non-hydrogen) atoms.